The molecule has 1 aromatic heterocycles. The lowest BCUT2D eigenvalue weighted by atomic mass is 9.82. The lowest BCUT2D eigenvalue weighted by Crippen LogP contribution is -2.16. The Kier molecular flexibility index (Phi) is 3.50. The van der Waals surface area contributed by atoms with Gasteiger partial charge in [-0.3, -0.25) is 0 Å². The summed E-state index contributed by atoms with van der Waals surface area (Å²) >= 11 is 0. The number of aromatic nitrogens is 1. The van der Waals surface area contributed by atoms with Gasteiger partial charge in [0, 0.05) is 12.3 Å². The van der Waals surface area contributed by atoms with Gasteiger partial charge in [-0.1, -0.05) is 33.3 Å². The number of hydrogen-bond donors (Lipinski definition) is 0. The molecule has 0 atom stereocenters. The fourth-order valence-electron chi connectivity index (χ4n) is 1.67. The quantitative estimate of drug-likeness (QED) is 0.732. The van der Waals surface area contributed by atoms with Gasteiger partial charge in [-0.15, -0.1) is 0 Å². The molecule has 0 aliphatic rings. The van der Waals surface area contributed by atoms with Gasteiger partial charge >= 0.3 is 0 Å². The predicted molar refractivity (Wildman–Crippen MR) is 58.7 cm³/mol. The molecule has 0 saturated heterocycles. The van der Waals surface area contributed by atoms with Crippen LogP contribution in [0.1, 0.15) is 39.2 Å². The average molecular weight is 193 g/mol. The number of pyridine rings is 1. The maximum atomic E-state index is 5.03. The molecule has 78 valence electrons. The molecule has 1 rings (SSSR count). The SMILES string of the molecule is CCCC(C)(C)c1ccc(OC)nc1. The minimum absolute atomic E-state index is 0.216. The van der Waals surface area contributed by atoms with Crippen molar-refractivity contribution < 1.29 is 4.74 Å². The summed E-state index contributed by atoms with van der Waals surface area (Å²) in [5.74, 6) is 0.682. The van der Waals surface area contributed by atoms with Gasteiger partial charge in [-0.25, -0.2) is 4.98 Å². The second kappa shape index (κ2) is 4.45. The number of methoxy groups -OCH3 is 1. The van der Waals surface area contributed by atoms with E-state index < -0.39 is 0 Å². The zero-order valence-electron chi connectivity index (χ0n) is 9.50. The van der Waals surface area contributed by atoms with Gasteiger partial charge in [0.1, 0.15) is 0 Å². The van der Waals surface area contributed by atoms with Crippen LogP contribution in [0.5, 0.6) is 5.88 Å². The molecule has 0 aromatic carbocycles. The van der Waals surface area contributed by atoms with E-state index in [2.05, 4.69) is 31.8 Å². The Labute approximate surface area is 86.3 Å². The molecule has 0 bridgehead atoms. The van der Waals surface area contributed by atoms with Gasteiger partial charge in [0.25, 0.3) is 0 Å². The Hall–Kier alpha value is -1.05. The molecule has 0 unspecified atom stereocenters. The van der Waals surface area contributed by atoms with Crippen LogP contribution >= 0.6 is 0 Å². The maximum Gasteiger partial charge on any atom is 0.212 e. The highest BCUT2D eigenvalue weighted by Crippen LogP contribution is 2.28. The zero-order valence-corrected chi connectivity index (χ0v) is 9.50. The van der Waals surface area contributed by atoms with E-state index in [4.69, 9.17) is 4.74 Å². The smallest absolute Gasteiger partial charge is 0.212 e. The summed E-state index contributed by atoms with van der Waals surface area (Å²) in [4.78, 5) is 4.22. The van der Waals surface area contributed by atoms with Crippen LogP contribution in [0.2, 0.25) is 0 Å². The summed E-state index contributed by atoms with van der Waals surface area (Å²) in [6, 6.07) is 4.02. The fourth-order valence-corrected chi connectivity index (χ4v) is 1.67. The van der Waals surface area contributed by atoms with E-state index in [1.54, 1.807) is 7.11 Å². The summed E-state index contributed by atoms with van der Waals surface area (Å²) < 4.78 is 5.03. The van der Waals surface area contributed by atoms with Crippen LogP contribution in [-0.2, 0) is 5.41 Å². The van der Waals surface area contributed by atoms with Crippen molar-refractivity contribution in [2.75, 3.05) is 7.11 Å². The first-order valence-electron chi connectivity index (χ1n) is 5.10. The van der Waals surface area contributed by atoms with Crippen LogP contribution in [-0.4, -0.2) is 12.1 Å². The second-order valence-corrected chi connectivity index (χ2v) is 4.22. The Morgan fingerprint density at radius 2 is 2.07 bits per heavy atom. The Morgan fingerprint density at radius 3 is 2.50 bits per heavy atom. The highest BCUT2D eigenvalue weighted by atomic mass is 16.5. The summed E-state index contributed by atoms with van der Waals surface area (Å²) in [5.41, 5.74) is 1.49. The number of rotatable bonds is 4. The predicted octanol–water partition coefficient (Wildman–Crippen LogP) is 3.17. The van der Waals surface area contributed by atoms with Crippen LogP contribution in [0.25, 0.3) is 0 Å². The van der Waals surface area contributed by atoms with Gasteiger partial charge in [0.15, 0.2) is 0 Å². The molecule has 2 nitrogen and oxygen atoms in total. The van der Waals surface area contributed by atoms with Crippen molar-refractivity contribution in [3.05, 3.63) is 23.9 Å². The van der Waals surface area contributed by atoms with Gasteiger partial charge in [0.05, 0.1) is 7.11 Å². The number of hydrogen-bond acceptors (Lipinski definition) is 2. The minimum Gasteiger partial charge on any atom is -0.481 e. The molecule has 0 spiro atoms. The lowest BCUT2D eigenvalue weighted by molar-refractivity contribution is 0.395. The molecule has 1 aromatic rings. The van der Waals surface area contributed by atoms with Crippen molar-refractivity contribution in [1.29, 1.82) is 0 Å². The Bertz CT molecular complexity index is 277. The van der Waals surface area contributed by atoms with Crippen LogP contribution in [0.3, 0.4) is 0 Å². The van der Waals surface area contributed by atoms with Crippen molar-refractivity contribution >= 4 is 0 Å². The highest BCUT2D eigenvalue weighted by Gasteiger charge is 2.19. The summed E-state index contributed by atoms with van der Waals surface area (Å²) in [7, 11) is 1.64. The van der Waals surface area contributed by atoms with Crippen molar-refractivity contribution in [2.24, 2.45) is 0 Å². The molecular weight excluding hydrogens is 174 g/mol. The Morgan fingerprint density at radius 1 is 1.36 bits per heavy atom. The number of nitrogens with zero attached hydrogens (tertiary/aromatic N) is 1. The molecule has 0 N–H and O–H groups in total. The molecule has 0 fully saturated rings. The standard InChI is InChI=1S/C12H19NO/c1-5-8-12(2,3)10-6-7-11(14-4)13-9-10/h6-7,9H,5,8H2,1-4H3. The number of ether oxygens (including phenoxy) is 1. The zero-order chi connectivity index (χ0) is 10.6. The van der Waals surface area contributed by atoms with Crippen molar-refractivity contribution in [2.45, 2.75) is 39.0 Å². The average Bonchev–Trinajstić information content (AvgIpc) is 2.18. The third-order valence-electron chi connectivity index (χ3n) is 2.60. The second-order valence-electron chi connectivity index (χ2n) is 4.22. The highest BCUT2D eigenvalue weighted by molar-refractivity contribution is 5.24. The maximum absolute atomic E-state index is 5.03. The van der Waals surface area contributed by atoms with Crippen molar-refractivity contribution in [3.63, 3.8) is 0 Å². The van der Waals surface area contributed by atoms with Gasteiger partial charge in [-0.2, -0.15) is 0 Å². The molecule has 2 heteroatoms. The van der Waals surface area contributed by atoms with Gasteiger partial charge in [-0.05, 0) is 17.4 Å². The molecular formula is C12H19NO. The lowest BCUT2D eigenvalue weighted by Gasteiger charge is -2.24. The van der Waals surface area contributed by atoms with Gasteiger partial charge < -0.3 is 4.74 Å². The van der Waals surface area contributed by atoms with E-state index in [1.165, 1.54) is 18.4 Å². The summed E-state index contributed by atoms with van der Waals surface area (Å²) in [6.07, 6.45) is 4.29. The molecule has 1 heterocycles. The van der Waals surface area contributed by atoms with Crippen LogP contribution in [0.4, 0.5) is 0 Å². The largest absolute Gasteiger partial charge is 0.481 e. The Balaban J connectivity index is 2.85. The topological polar surface area (TPSA) is 22.1 Å². The van der Waals surface area contributed by atoms with Gasteiger partial charge in [0.2, 0.25) is 5.88 Å². The van der Waals surface area contributed by atoms with E-state index in [1.807, 2.05) is 12.3 Å². The first-order chi connectivity index (χ1) is 6.60. The normalized spacial score (nSPS) is 11.4. The third kappa shape index (κ3) is 2.47. The van der Waals surface area contributed by atoms with Crippen LogP contribution < -0.4 is 4.74 Å². The van der Waals surface area contributed by atoms with Crippen molar-refractivity contribution in [3.8, 4) is 5.88 Å². The molecule has 14 heavy (non-hydrogen) atoms. The fraction of sp³-hybridized carbons (Fsp3) is 0.583. The van der Waals surface area contributed by atoms with E-state index in [9.17, 15) is 0 Å². The van der Waals surface area contributed by atoms with E-state index in [0.717, 1.165) is 0 Å². The first-order valence-corrected chi connectivity index (χ1v) is 5.10. The van der Waals surface area contributed by atoms with Crippen LogP contribution in [0.15, 0.2) is 18.3 Å². The first kappa shape index (κ1) is 11.0. The van der Waals surface area contributed by atoms with Crippen molar-refractivity contribution in [1.82, 2.24) is 4.98 Å². The molecule has 0 radical (unpaired) electrons. The molecule has 0 saturated carbocycles. The summed E-state index contributed by atoms with van der Waals surface area (Å²) in [6.45, 7) is 6.71. The van der Waals surface area contributed by atoms with E-state index >= 15 is 0 Å². The van der Waals surface area contributed by atoms with E-state index in [-0.39, 0.29) is 5.41 Å². The monoisotopic (exact) mass is 193 g/mol. The van der Waals surface area contributed by atoms with E-state index in [0.29, 0.717) is 5.88 Å². The van der Waals surface area contributed by atoms with Crippen LogP contribution in [0, 0.1) is 0 Å². The summed E-state index contributed by atoms with van der Waals surface area (Å²) in [5, 5.41) is 0. The molecule has 0 aliphatic heterocycles. The molecule has 0 amide bonds. The minimum atomic E-state index is 0.216. The third-order valence-corrected chi connectivity index (χ3v) is 2.60. The molecule has 0 aliphatic carbocycles.